The molecule has 6 nitrogen and oxygen atoms in total. The van der Waals surface area contributed by atoms with Gasteiger partial charge in [-0.05, 0) is 87.4 Å². The first-order valence-corrected chi connectivity index (χ1v) is 11.2. The Balaban J connectivity index is 1.99. The molecule has 3 rings (SSSR count). The Morgan fingerprint density at radius 2 is 2.07 bits per heavy atom. The number of nitrogens with zero attached hydrogens (tertiary/aromatic N) is 1. The van der Waals surface area contributed by atoms with Gasteiger partial charge in [-0.3, -0.25) is 4.79 Å². The maximum Gasteiger partial charge on any atom is 0.363 e. The fourth-order valence-electron chi connectivity index (χ4n) is 2.56. The highest BCUT2D eigenvalue weighted by molar-refractivity contribution is 14.1. The molecule has 0 bridgehead atoms. The maximum absolute atomic E-state index is 12.3. The van der Waals surface area contributed by atoms with Crippen LogP contribution in [0.15, 0.2) is 45.5 Å². The van der Waals surface area contributed by atoms with E-state index in [1.807, 2.05) is 13.0 Å². The van der Waals surface area contributed by atoms with E-state index in [1.165, 1.54) is 0 Å². The molecule has 1 heterocycles. The topological polar surface area (TPSA) is 74.2 Å². The summed E-state index contributed by atoms with van der Waals surface area (Å²) >= 11 is 11.8. The van der Waals surface area contributed by atoms with Crippen LogP contribution in [-0.2, 0) is 14.3 Å². The van der Waals surface area contributed by atoms with Gasteiger partial charge in [-0.15, -0.1) is 0 Å². The lowest BCUT2D eigenvalue weighted by Crippen LogP contribution is -2.08. The minimum absolute atomic E-state index is 0.118. The Labute approximate surface area is 200 Å². The number of ether oxygens (including phenoxy) is 3. The lowest BCUT2D eigenvalue weighted by Gasteiger charge is -2.13. The Bertz CT molecular complexity index is 1080. The van der Waals surface area contributed by atoms with Gasteiger partial charge in [0.2, 0.25) is 5.90 Å². The van der Waals surface area contributed by atoms with Crippen molar-refractivity contribution in [1.82, 2.24) is 0 Å². The minimum atomic E-state index is -0.588. The van der Waals surface area contributed by atoms with Crippen LogP contribution >= 0.6 is 50.1 Å². The molecule has 0 atom stereocenters. The van der Waals surface area contributed by atoms with Crippen molar-refractivity contribution in [2.24, 2.45) is 4.99 Å². The summed E-state index contributed by atoms with van der Waals surface area (Å²) in [5, 5.41) is 0.437. The van der Waals surface area contributed by atoms with Gasteiger partial charge in [-0.25, -0.2) is 9.79 Å². The lowest BCUT2D eigenvalue weighted by atomic mass is 10.1. The summed E-state index contributed by atoms with van der Waals surface area (Å²) in [6.07, 6.45) is 1.80. The Kier molecular flexibility index (Phi) is 7.54. The highest BCUT2D eigenvalue weighted by Crippen LogP contribution is 2.38. The third kappa shape index (κ3) is 5.22. The van der Waals surface area contributed by atoms with Crippen molar-refractivity contribution in [2.75, 3.05) is 6.61 Å². The third-order valence-electron chi connectivity index (χ3n) is 3.92. The van der Waals surface area contributed by atoms with Crippen LogP contribution in [-0.4, -0.2) is 24.4 Å². The van der Waals surface area contributed by atoms with E-state index in [-0.39, 0.29) is 29.7 Å². The van der Waals surface area contributed by atoms with Crippen molar-refractivity contribution in [1.29, 1.82) is 0 Å². The summed E-state index contributed by atoms with van der Waals surface area (Å²) in [6.45, 7) is 3.90. The molecule has 0 amide bonds. The molecular weight excluding hydrogens is 588 g/mol. The largest absolute Gasteiger partial charge is 0.490 e. The van der Waals surface area contributed by atoms with E-state index >= 15 is 0 Å². The number of benzene rings is 2. The number of carbonyl (C=O) groups is 2. The first-order chi connectivity index (χ1) is 14.3. The average molecular weight is 605 g/mol. The van der Waals surface area contributed by atoms with Gasteiger partial charge in [-0.1, -0.05) is 18.5 Å². The molecule has 2 aromatic rings. The Morgan fingerprint density at radius 1 is 1.30 bits per heavy atom. The molecule has 0 saturated heterocycles. The lowest BCUT2D eigenvalue weighted by molar-refractivity contribution is -0.134. The molecule has 1 aliphatic heterocycles. The van der Waals surface area contributed by atoms with E-state index in [0.717, 1.165) is 3.57 Å². The van der Waals surface area contributed by atoms with E-state index < -0.39 is 5.97 Å². The van der Waals surface area contributed by atoms with Crippen molar-refractivity contribution in [3.8, 4) is 11.5 Å². The summed E-state index contributed by atoms with van der Waals surface area (Å²) in [6, 6.07) is 8.73. The summed E-state index contributed by atoms with van der Waals surface area (Å²) in [5.74, 6) is -0.167. The Hall–Kier alpha value is -1.91. The monoisotopic (exact) mass is 603 g/mol. The zero-order chi connectivity index (χ0) is 21.8. The van der Waals surface area contributed by atoms with Gasteiger partial charge in [0.15, 0.2) is 17.2 Å². The van der Waals surface area contributed by atoms with E-state index in [4.69, 9.17) is 25.8 Å². The number of esters is 2. The van der Waals surface area contributed by atoms with Gasteiger partial charge >= 0.3 is 11.9 Å². The second-order valence-electron chi connectivity index (χ2n) is 6.05. The number of rotatable bonds is 6. The molecular formula is C21H16BrClINO5. The second kappa shape index (κ2) is 9.93. The SMILES string of the molecule is CCOc1cc(C=C2N=C(c3cc(I)ccc3Cl)OC2=O)cc(Br)c1OC(=O)CC. The fourth-order valence-corrected chi connectivity index (χ4v) is 3.79. The molecule has 0 aliphatic carbocycles. The minimum Gasteiger partial charge on any atom is -0.490 e. The highest BCUT2D eigenvalue weighted by Gasteiger charge is 2.26. The molecule has 0 aromatic heterocycles. The number of halogens is 3. The second-order valence-corrected chi connectivity index (χ2v) is 8.56. The summed E-state index contributed by atoms with van der Waals surface area (Å²) in [7, 11) is 0. The van der Waals surface area contributed by atoms with E-state index in [0.29, 0.717) is 33.0 Å². The number of hydrogen-bond donors (Lipinski definition) is 0. The molecule has 0 N–H and O–H groups in total. The van der Waals surface area contributed by atoms with Gasteiger partial charge in [0, 0.05) is 9.99 Å². The van der Waals surface area contributed by atoms with Gasteiger partial charge in [0.1, 0.15) is 0 Å². The first kappa shape index (κ1) is 22.8. The zero-order valence-corrected chi connectivity index (χ0v) is 20.5. The third-order valence-corrected chi connectivity index (χ3v) is 5.51. The molecule has 0 spiro atoms. The van der Waals surface area contributed by atoms with Crippen LogP contribution in [0.4, 0.5) is 0 Å². The molecule has 0 fully saturated rings. The highest BCUT2D eigenvalue weighted by atomic mass is 127. The van der Waals surface area contributed by atoms with Crippen molar-refractivity contribution in [2.45, 2.75) is 20.3 Å². The predicted octanol–water partition coefficient (Wildman–Crippen LogP) is 5.77. The molecule has 0 saturated carbocycles. The van der Waals surface area contributed by atoms with Crippen LogP contribution < -0.4 is 9.47 Å². The average Bonchev–Trinajstić information content (AvgIpc) is 3.06. The van der Waals surface area contributed by atoms with Gasteiger partial charge in [0.05, 0.1) is 21.7 Å². The van der Waals surface area contributed by atoms with E-state index in [2.05, 4.69) is 43.5 Å². The van der Waals surface area contributed by atoms with E-state index in [9.17, 15) is 9.59 Å². The van der Waals surface area contributed by atoms with Gasteiger partial charge < -0.3 is 14.2 Å². The number of aliphatic imine (C=N–C) groups is 1. The number of cyclic esters (lactones) is 1. The number of carbonyl (C=O) groups excluding carboxylic acids is 2. The standard InChI is InChI=1S/C21H16BrClINO5/c1-3-18(26)29-19-14(22)7-11(9-17(19)28-4-2)8-16-21(27)30-20(25-16)13-10-12(24)5-6-15(13)23/h5-10H,3-4H2,1-2H3. The summed E-state index contributed by atoms with van der Waals surface area (Å²) < 4.78 is 17.7. The zero-order valence-electron chi connectivity index (χ0n) is 16.0. The van der Waals surface area contributed by atoms with Crippen molar-refractivity contribution in [3.63, 3.8) is 0 Å². The van der Waals surface area contributed by atoms with Gasteiger partial charge in [0.25, 0.3) is 0 Å². The normalized spacial score (nSPS) is 14.5. The van der Waals surface area contributed by atoms with E-state index in [1.54, 1.807) is 37.3 Å². The van der Waals surface area contributed by atoms with Crippen molar-refractivity contribution >= 4 is 74.0 Å². The predicted molar refractivity (Wildman–Crippen MR) is 126 cm³/mol. The van der Waals surface area contributed by atoms with Crippen LogP contribution in [0.1, 0.15) is 31.4 Å². The summed E-state index contributed by atoms with van der Waals surface area (Å²) in [5.41, 5.74) is 1.28. The molecule has 30 heavy (non-hydrogen) atoms. The van der Waals surface area contributed by atoms with Crippen LogP contribution in [0.2, 0.25) is 5.02 Å². The molecule has 9 heteroatoms. The molecule has 156 valence electrons. The molecule has 0 unspecified atom stereocenters. The smallest absolute Gasteiger partial charge is 0.363 e. The molecule has 2 aromatic carbocycles. The fraction of sp³-hybridized carbons (Fsp3) is 0.190. The quantitative estimate of drug-likeness (QED) is 0.181. The molecule has 0 radical (unpaired) electrons. The van der Waals surface area contributed by atoms with Crippen LogP contribution in [0, 0.1) is 3.57 Å². The first-order valence-electron chi connectivity index (χ1n) is 8.97. The Morgan fingerprint density at radius 3 is 2.77 bits per heavy atom. The molecule has 1 aliphatic rings. The number of hydrogen-bond acceptors (Lipinski definition) is 6. The van der Waals surface area contributed by atoms with Crippen LogP contribution in [0.3, 0.4) is 0 Å². The van der Waals surface area contributed by atoms with Gasteiger partial charge in [-0.2, -0.15) is 0 Å². The van der Waals surface area contributed by atoms with Crippen molar-refractivity contribution in [3.05, 3.63) is 60.2 Å². The van der Waals surface area contributed by atoms with Crippen LogP contribution in [0.5, 0.6) is 11.5 Å². The maximum atomic E-state index is 12.3. The van der Waals surface area contributed by atoms with Crippen molar-refractivity contribution < 1.29 is 23.8 Å². The van der Waals surface area contributed by atoms with Crippen LogP contribution in [0.25, 0.3) is 6.08 Å². The summed E-state index contributed by atoms with van der Waals surface area (Å²) in [4.78, 5) is 28.4.